The van der Waals surface area contributed by atoms with E-state index in [4.69, 9.17) is 16.7 Å². The SMILES string of the molecule is C/C(=C/CNc1ccc(Cl)cc1I)C(=O)O. The summed E-state index contributed by atoms with van der Waals surface area (Å²) in [4.78, 5) is 10.5. The minimum Gasteiger partial charge on any atom is -0.478 e. The molecule has 0 aliphatic rings. The number of carboxylic acid groups (broad SMARTS) is 1. The summed E-state index contributed by atoms with van der Waals surface area (Å²) in [5.41, 5.74) is 1.27. The summed E-state index contributed by atoms with van der Waals surface area (Å²) in [5, 5.41) is 12.5. The third-order valence-electron chi connectivity index (χ3n) is 1.97. The van der Waals surface area contributed by atoms with Crippen molar-refractivity contribution in [3.63, 3.8) is 0 Å². The van der Waals surface area contributed by atoms with Crippen molar-refractivity contribution in [1.29, 1.82) is 0 Å². The number of benzene rings is 1. The zero-order valence-corrected chi connectivity index (χ0v) is 11.5. The van der Waals surface area contributed by atoms with Crippen LogP contribution in [0.2, 0.25) is 5.02 Å². The second-order valence-electron chi connectivity index (χ2n) is 3.20. The fraction of sp³-hybridized carbons (Fsp3) is 0.182. The van der Waals surface area contributed by atoms with Crippen LogP contribution in [-0.4, -0.2) is 17.6 Å². The van der Waals surface area contributed by atoms with Crippen molar-refractivity contribution in [2.24, 2.45) is 0 Å². The zero-order chi connectivity index (χ0) is 12.1. The third kappa shape index (κ3) is 4.02. The van der Waals surface area contributed by atoms with Gasteiger partial charge in [0, 0.05) is 26.4 Å². The summed E-state index contributed by atoms with van der Waals surface area (Å²) in [6, 6.07) is 5.51. The van der Waals surface area contributed by atoms with E-state index in [1.807, 2.05) is 12.1 Å². The quantitative estimate of drug-likeness (QED) is 0.646. The maximum atomic E-state index is 10.5. The summed E-state index contributed by atoms with van der Waals surface area (Å²) in [5.74, 6) is -0.896. The van der Waals surface area contributed by atoms with E-state index in [1.165, 1.54) is 0 Å². The van der Waals surface area contributed by atoms with Crippen LogP contribution in [0.4, 0.5) is 5.69 Å². The average molecular weight is 352 g/mol. The van der Waals surface area contributed by atoms with Crippen LogP contribution in [0.15, 0.2) is 29.8 Å². The molecule has 0 unspecified atom stereocenters. The molecule has 0 saturated heterocycles. The smallest absolute Gasteiger partial charge is 0.331 e. The molecule has 16 heavy (non-hydrogen) atoms. The lowest BCUT2D eigenvalue weighted by Crippen LogP contribution is -2.04. The van der Waals surface area contributed by atoms with E-state index >= 15 is 0 Å². The molecule has 0 spiro atoms. The topological polar surface area (TPSA) is 49.3 Å². The summed E-state index contributed by atoms with van der Waals surface area (Å²) < 4.78 is 1.01. The predicted octanol–water partition coefficient (Wildman–Crippen LogP) is 3.39. The first-order valence-electron chi connectivity index (χ1n) is 4.59. The van der Waals surface area contributed by atoms with Gasteiger partial charge in [-0.05, 0) is 47.7 Å². The first-order chi connectivity index (χ1) is 7.50. The number of rotatable bonds is 4. The predicted molar refractivity (Wildman–Crippen MR) is 74.1 cm³/mol. The van der Waals surface area contributed by atoms with Crippen molar-refractivity contribution in [3.8, 4) is 0 Å². The average Bonchev–Trinajstić information content (AvgIpc) is 2.20. The van der Waals surface area contributed by atoms with Crippen LogP contribution in [-0.2, 0) is 4.79 Å². The molecule has 0 radical (unpaired) electrons. The highest BCUT2D eigenvalue weighted by Crippen LogP contribution is 2.21. The Morgan fingerprint density at radius 2 is 2.31 bits per heavy atom. The molecular weight excluding hydrogens is 340 g/mol. The van der Waals surface area contributed by atoms with Gasteiger partial charge in [-0.25, -0.2) is 4.79 Å². The number of carboxylic acids is 1. The van der Waals surface area contributed by atoms with Gasteiger partial charge in [0.2, 0.25) is 0 Å². The Hall–Kier alpha value is -0.750. The van der Waals surface area contributed by atoms with Gasteiger partial charge in [0.05, 0.1) is 0 Å². The molecule has 0 aliphatic heterocycles. The molecule has 0 aromatic heterocycles. The van der Waals surface area contributed by atoms with Gasteiger partial charge in [0.15, 0.2) is 0 Å². The highest BCUT2D eigenvalue weighted by Gasteiger charge is 2.00. The summed E-state index contributed by atoms with van der Waals surface area (Å²) in [6.07, 6.45) is 1.63. The molecule has 0 heterocycles. The molecule has 86 valence electrons. The van der Waals surface area contributed by atoms with Crippen molar-refractivity contribution in [2.45, 2.75) is 6.92 Å². The Kier molecular flexibility index (Phi) is 5.08. The van der Waals surface area contributed by atoms with Crippen LogP contribution in [0.25, 0.3) is 0 Å². The van der Waals surface area contributed by atoms with Crippen molar-refractivity contribution < 1.29 is 9.90 Å². The first-order valence-corrected chi connectivity index (χ1v) is 6.05. The van der Waals surface area contributed by atoms with E-state index in [0.717, 1.165) is 9.26 Å². The molecule has 0 atom stereocenters. The van der Waals surface area contributed by atoms with Crippen molar-refractivity contribution in [3.05, 3.63) is 38.4 Å². The van der Waals surface area contributed by atoms with Crippen LogP contribution < -0.4 is 5.32 Å². The van der Waals surface area contributed by atoms with Crippen LogP contribution in [0, 0.1) is 3.57 Å². The molecule has 5 heteroatoms. The number of anilines is 1. The molecule has 0 saturated carbocycles. The fourth-order valence-corrected chi connectivity index (χ4v) is 2.10. The summed E-state index contributed by atoms with van der Waals surface area (Å²) in [6.45, 7) is 2.05. The largest absolute Gasteiger partial charge is 0.478 e. The van der Waals surface area contributed by atoms with Gasteiger partial charge in [-0.2, -0.15) is 0 Å². The minimum absolute atomic E-state index is 0.330. The number of nitrogens with one attached hydrogen (secondary N) is 1. The highest BCUT2D eigenvalue weighted by molar-refractivity contribution is 14.1. The van der Waals surface area contributed by atoms with Crippen molar-refractivity contribution in [1.82, 2.24) is 0 Å². The van der Waals surface area contributed by atoms with Gasteiger partial charge in [0.25, 0.3) is 0 Å². The van der Waals surface area contributed by atoms with Gasteiger partial charge < -0.3 is 10.4 Å². The lowest BCUT2D eigenvalue weighted by atomic mass is 10.3. The van der Waals surface area contributed by atoms with Crippen LogP contribution in [0.1, 0.15) is 6.92 Å². The molecule has 1 rings (SSSR count). The zero-order valence-electron chi connectivity index (χ0n) is 8.63. The number of carbonyl (C=O) groups is 1. The second kappa shape index (κ2) is 6.10. The van der Waals surface area contributed by atoms with Crippen LogP contribution >= 0.6 is 34.2 Å². The Morgan fingerprint density at radius 3 is 2.88 bits per heavy atom. The van der Waals surface area contributed by atoms with E-state index in [-0.39, 0.29) is 0 Å². The third-order valence-corrected chi connectivity index (χ3v) is 3.10. The summed E-state index contributed by atoms with van der Waals surface area (Å²) >= 11 is 7.99. The maximum Gasteiger partial charge on any atom is 0.331 e. The number of hydrogen-bond acceptors (Lipinski definition) is 2. The van der Waals surface area contributed by atoms with E-state index in [0.29, 0.717) is 17.1 Å². The van der Waals surface area contributed by atoms with E-state index < -0.39 is 5.97 Å². The van der Waals surface area contributed by atoms with Gasteiger partial charge in [-0.15, -0.1) is 0 Å². The van der Waals surface area contributed by atoms with E-state index in [9.17, 15) is 4.79 Å². The lowest BCUT2D eigenvalue weighted by molar-refractivity contribution is -0.132. The molecule has 0 fully saturated rings. The maximum absolute atomic E-state index is 10.5. The normalized spacial score (nSPS) is 11.3. The second-order valence-corrected chi connectivity index (χ2v) is 4.80. The van der Waals surface area contributed by atoms with Crippen LogP contribution in [0.3, 0.4) is 0 Å². The van der Waals surface area contributed by atoms with Crippen molar-refractivity contribution in [2.75, 3.05) is 11.9 Å². The van der Waals surface area contributed by atoms with Gasteiger partial charge in [-0.3, -0.25) is 0 Å². The monoisotopic (exact) mass is 351 g/mol. The lowest BCUT2D eigenvalue weighted by Gasteiger charge is -2.06. The first kappa shape index (κ1) is 13.3. The number of hydrogen-bond donors (Lipinski definition) is 2. The van der Waals surface area contributed by atoms with E-state index in [1.54, 1.807) is 19.1 Å². The molecule has 0 aliphatic carbocycles. The molecule has 1 aromatic carbocycles. The number of aliphatic carboxylic acids is 1. The van der Waals surface area contributed by atoms with Gasteiger partial charge in [0.1, 0.15) is 0 Å². The van der Waals surface area contributed by atoms with Crippen molar-refractivity contribution >= 4 is 45.8 Å². The van der Waals surface area contributed by atoms with Gasteiger partial charge in [-0.1, -0.05) is 17.7 Å². The fourth-order valence-electron chi connectivity index (χ4n) is 1.03. The molecule has 1 aromatic rings. The highest BCUT2D eigenvalue weighted by atomic mass is 127. The Morgan fingerprint density at radius 1 is 1.62 bits per heavy atom. The number of halogens is 2. The standard InChI is InChI=1S/C11H11ClINO2/c1-7(11(15)16)4-5-14-10-3-2-8(12)6-9(10)13/h2-4,6,14H,5H2,1H3,(H,15,16)/b7-4-. The van der Waals surface area contributed by atoms with Crippen LogP contribution in [0.5, 0.6) is 0 Å². The molecule has 2 N–H and O–H groups in total. The molecule has 0 bridgehead atoms. The van der Waals surface area contributed by atoms with E-state index in [2.05, 4.69) is 27.9 Å². The Balaban J connectivity index is 2.62. The Bertz CT molecular complexity index is 432. The minimum atomic E-state index is -0.896. The molecule has 0 amide bonds. The summed E-state index contributed by atoms with van der Waals surface area (Å²) in [7, 11) is 0. The van der Waals surface area contributed by atoms with Gasteiger partial charge >= 0.3 is 5.97 Å². The molecule has 3 nitrogen and oxygen atoms in total. The Labute approximate surface area is 113 Å². The molecular formula is C11H11ClINO2.